The van der Waals surface area contributed by atoms with Crippen LogP contribution in [-0.2, 0) is 0 Å². The Morgan fingerprint density at radius 1 is 0.885 bits per heavy atom. The van der Waals surface area contributed by atoms with Crippen LogP contribution in [0, 0.1) is 29.3 Å². The maximum Gasteiger partial charge on any atom is 0.194 e. The van der Waals surface area contributed by atoms with Crippen molar-refractivity contribution in [3.63, 3.8) is 0 Å². The molecule has 0 aliphatic heterocycles. The SMILES string of the molecule is CCCC1CCC(/C=C/c2ccc(-c3cc(F)c(F)c(F)c3)cc2)CC1. The van der Waals surface area contributed by atoms with Gasteiger partial charge in [-0.1, -0.05) is 56.2 Å². The molecule has 1 saturated carbocycles. The molecule has 0 N–H and O–H groups in total. The topological polar surface area (TPSA) is 0 Å². The molecule has 1 fully saturated rings. The third-order valence-electron chi connectivity index (χ3n) is 5.38. The largest absolute Gasteiger partial charge is 0.204 e. The van der Waals surface area contributed by atoms with Crippen LogP contribution < -0.4 is 0 Å². The molecule has 2 aromatic carbocycles. The van der Waals surface area contributed by atoms with E-state index in [1.165, 1.54) is 38.5 Å². The minimum atomic E-state index is -1.43. The molecule has 0 bridgehead atoms. The van der Waals surface area contributed by atoms with E-state index in [1.807, 2.05) is 24.3 Å². The first kappa shape index (κ1) is 18.8. The minimum absolute atomic E-state index is 0.339. The van der Waals surface area contributed by atoms with Gasteiger partial charge in [-0.2, -0.15) is 0 Å². The van der Waals surface area contributed by atoms with Crippen molar-refractivity contribution in [3.05, 3.63) is 65.5 Å². The summed E-state index contributed by atoms with van der Waals surface area (Å²) in [4.78, 5) is 0. The molecule has 0 nitrogen and oxygen atoms in total. The van der Waals surface area contributed by atoms with E-state index in [2.05, 4.69) is 19.1 Å². The van der Waals surface area contributed by atoms with Crippen LogP contribution in [0.1, 0.15) is 51.0 Å². The van der Waals surface area contributed by atoms with E-state index in [1.54, 1.807) is 0 Å². The highest BCUT2D eigenvalue weighted by Crippen LogP contribution is 2.32. The Hall–Kier alpha value is -2.03. The lowest BCUT2D eigenvalue weighted by Gasteiger charge is -2.26. The quantitative estimate of drug-likeness (QED) is 0.489. The van der Waals surface area contributed by atoms with E-state index >= 15 is 0 Å². The van der Waals surface area contributed by atoms with Gasteiger partial charge in [0.15, 0.2) is 17.5 Å². The Kier molecular flexibility index (Phi) is 6.18. The highest BCUT2D eigenvalue weighted by molar-refractivity contribution is 5.66. The molecule has 1 aliphatic carbocycles. The molecule has 0 radical (unpaired) electrons. The summed E-state index contributed by atoms with van der Waals surface area (Å²) in [5.41, 5.74) is 2.07. The third-order valence-corrected chi connectivity index (χ3v) is 5.38. The fraction of sp³-hybridized carbons (Fsp3) is 0.391. The molecule has 0 saturated heterocycles. The zero-order valence-corrected chi connectivity index (χ0v) is 15.2. The van der Waals surface area contributed by atoms with Gasteiger partial charge < -0.3 is 0 Å². The number of allylic oxidation sites excluding steroid dienone is 1. The van der Waals surface area contributed by atoms with E-state index < -0.39 is 17.5 Å². The van der Waals surface area contributed by atoms with Gasteiger partial charge in [-0.25, -0.2) is 13.2 Å². The Labute approximate surface area is 153 Å². The first-order valence-electron chi connectivity index (χ1n) is 9.50. The molecule has 138 valence electrons. The number of hydrogen-bond donors (Lipinski definition) is 0. The number of rotatable bonds is 5. The van der Waals surface area contributed by atoms with Crippen molar-refractivity contribution in [1.82, 2.24) is 0 Å². The summed E-state index contributed by atoms with van der Waals surface area (Å²) in [6.07, 6.45) is 12.2. The molecule has 0 unspecified atom stereocenters. The van der Waals surface area contributed by atoms with Crippen molar-refractivity contribution in [1.29, 1.82) is 0 Å². The predicted octanol–water partition coefficient (Wildman–Crippen LogP) is 7.39. The third kappa shape index (κ3) is 4.57. The van der Waals surface area contributed by atoms with Crippen molar-refractivity contribution in [2.45, 2.75) is 45.4 Å². The zero-order valence-electron chi connectivity index (χ0n) is 15.2. The lowest BCUT2D eigenvalue weighted by molar-refractivity contribution is 0.295. The van der Waals surface area contributed by atoms with Crippen molar-refractivity contribution in [2.75, 3.05) is 0 Å². The lowest BCUT2D eigenvalue weighted by Crippen LogP contribution is -2.12. The molecule has 0 spiro atoms. The predicted molar refractivity (Wildman–Crippen MR) is 101 cm³/mol. The Morgan fingerprint density at radius 2 is 1.50 bits per heavy atom. The van der Waals surface area contributed by atoms with Crippen LogP contribution >= 0.6 is 0 Å². The molecular weight excluding hydrogens is 333 g/mol. The highest BCUT2D eigenvalue weighted by Gasteiger charge is 2.18. The van der Waals surface area contributed by atoms with Crippen LogP contribution in [0.25, 0.3) is 17.2 Å². The Bertz CT molecular complexity index is 731. The summed E-state index contributed by atoms with van der Waals surface area (Å²) in [5, 5.41) is 0. The maximum absolute atomic E-state index is 13.4. The summed E-state index contributed by atoms with van der Waals surface area (Å²) < 4.78 is 39.8. The molecule has 0 heterocycles. The van der Waals surface area contributed by atoms with E-state index in [0.29, 0.717) is 17.0 Å². The molecule has 1 aliphatic rings. The molecule has 3 rings (SSSR count). The molecular formula is C23H25F3. The standard InChI is InChI=1S/C23H25F3/c1-2-3-16-4-6-17(7-5-16)8-9-18-10-12-19(13-11-18)20-14-21(24)23(26)22(25)15-20/h8-17H,2-7H2,1H3/b9-8+. The van der Waals surface area contributed by atoms with Crippen LogP contribution in [0.2, 0.25) is 0 Å². The van der Waals surface area contributed by atoms with E-state index in [4.69, 9.17) is 0 Å². The van der Waals surface area contributed by atoms with E-state index in [9.17, 15) is 13.2 Å². The van der Waals surface area contributed by atoms with Gasteiger partial charge in [0.2, 0.25) is 0 Å². The number of benzene rings is 2. The van der Waals surface area contributed by atoms with Gasteiger partial charge in [-0.05, 0) is 66.3 Å². The summed E-state index contributed by atoms with van der Waals surface area (Å²) in [6, 6.07) is 9.52. The van der Waals surface area contributed by atoms with Gasteiger partial charge >= 0.3 is 0 Å². The molecule has 0 atom stereocenters. The van der Waals surface area contributed by atoms with Crippen molar-refractivity contribution >= 4 is 6.08 Å². The fourth-order valence-electron chi connectivity index (χ4n) is 3.83. The van der Waals surface area contributed by atoms with Gasteiger partial charge in [-0.3, -0.25) is 0 Å². The molecule has 0 amide bonds. The van der Waals surface area contributed by atoms with Gasteiger partial charge in [0.1, 0.15) is 0 Å². The Balaban J connectivity index is 1.63. The molecule has 2 aromatic rings. The minimum Gasteiger partial charge on any atom is -0.204 e. The van der Waals surface area contributed by atoms with Gasteiger partial charge in [0.25, 0.3) is 0 Å². The molecule has 3 heteroatoms. The smallest absolute Gasteiger partial charge is 0.194 e. The van der Waals surface area contributed by atoms with Crippen LogP contribution in [-0.4, -0.2) is 0 Å². The monoisotopic (exact) mass is 358 g/mol. The average Bonchev–Trinajstić information content (AvgIpc) is 2.66. The van der Waals surface area contributed by atoms with Crippen molar-refractivity contribution in [2.24, 2.45) is 11.8 Å². The summed E-state index contributed by atoms with van der Waals surface area (Å²) >= 11 is 0. The number of halogens is 3. The first-order chi connectivity index (χ1) is 12.6. The second-order valence-corrected chi connectivity index (χ2v) is 7.30. The van der Waals surface area contributed by atoms with Crippen molar-refractivity contribution in [3.8, 4) is 11.1 Å². The van der Waals surface area contributed by atoms with Crippen LogP contribution in [0.4, 0.5) is 13.2 Å². The lowest BCUT2D eigenvalue weighted by atomic mass is 9.80. The normalized spacial score (nSPS) is 20.6. The van der Waals surface area contributed by atoms with Crippen molar-refractivity contribution < 1.29 is 13.2 Å². The van der Waals surface area contributed by atoms with Gasteiger partial charge in [-0.15, -0.1) is 0 Å². The van der Waals surface area contributed by atoms with Crippen LogP contribution in [0.15, 0.2) is 42.5 Å². The zero-order chi connectivity index (χ0) is 18.5. The van der Waals surface area contributed by atoms with E-state index in [0.717, 1.165) is 23.6 Å². The summed E-state index contributed by atoms with van der Waals surface area (Å²) in [7, 11) is 0. The summed E-state index contributed by atoms with van der Waals surface area (Å²) in [6.45, 7) is 2.25. The first-order valence-corrected chi connectivity index (χ1v) is 9.50. The number of hydrogen-bond acceptors (Lipinski definition) is 0. The maximum atomic E-state index is 13.4. The Morgan fingerprint density at radius 3 is 2.08 bits per heavy atom. The fourth-order valence-corrected chi connectivity index (χ4v) is 3.83. The second kappa shape index (κ2) is 8.57. The highest BCUT2D eigenvalue weighted by atomic mass is 19.2. The van der Waals surface area contributed by atoms with Crippen LogP contribution in [0.3, 0.4) is 0 Å². The molecule has 0 aromatic heterocycles. The van der Waals surface area contributed by atoms with E-state index in [-0.39, 0.29) is 0 Å². The molecule has 26 heavy (non-hydrogen) atoms. The second-order valence-electron chi connectivity index (χ2n) is 7.30. The van der Waals surface area contributed by atoms with Crippen LogP contribution in [0.5, 0.6) is 0 Å². The summed E-state index contributed by atoms with van der Waals surface area (Å²) in [5.74, 6) is -2.21. The van der Waals surface area contributed by atoms with Gasteiger partial charge in [0, 0.05) is 0 Å². The average molecular weight is 358 g/mol. The van der Waals surface area contributed by atoms with Gasteiger partial charge in [0.05, 0.1) is 0 Å².